The number of alkyl halides is 2. The van der Waals surface area contributed by atoms with Crippen LogP contribution in [0.1, 0.15) is 27.7 Å². The molecule has 0 aliphatic carbocycles. The zero-order valence-electron chi connectivity index (χ0n) is 19.5. The number of ether oxygens (including phenoxy) is 3. The standard InChI is InChI=1S/C24H18F2N4O7S/c1-35-21(33)14-11-38-22(27-14)29-19(31)15(9-12-5-3-2-4-6-12)30-20(32)18(28-23(30)34)13-7-8-16-17(10-13)37-24(25,26)36-16/h2-8,10-11,15,18H,9H2,1H3,(H,28,34)(H,27,29,31). The van der Waals surface area contributed by atoms with Gasteiger partial charge in [-0.2, -0.15) is 0 Å². The van der Waals surface area contributed by atoms with Gasteiger partial charge < -0.3 is 24.8 Å². The molecule has 2 aliphatic heterocycles. The summed E-state index contributed by atoms with van der Waals surface area (Å²) in [5, 5.41) is 6.49. The number of nitrogens with zero attached hydrogens (tertiary/aromatic N) is 2. The van der Waals surface area contributed by atoms with Crippen LogP contribution in [0.15, 0.2) is 53.9 Å². The number of esters is 1. The van der Waals surface area contributed by atoms with E-state index >= 15 is 0 Å². The fourth-order valence-corrected chi connectivity index (χ4v) is 4.70. The maximum atomic E-state index is 13.4. The average Bonchev–Trinajstić information content (AvgIpc) is 3.56. The number of methoxy groups -OCH3 is 1. The number of nitrogens with one attached hydrogen (secondary N) is 2. The van der Waals surface area contributed by atoms with Crippen molar-refractivity contribution in [1.29, 1.82) is 0 Å². The Morgan fingerprint density at radius 1 is 1.18 bits per heavy atom. The van der Waals surface area contributed by atoms with Crippen LogP contribution in [0.25, 0.3) is 0 Å². The summed E-state index contributed by atoms with van der Waals surface area (Å²) in [7, 11) is 1.19. The number of fused-ring (bicyclic) bond motifs is 1. The topological polar surface area (TPSA) is 136 Å². The second kappa shape index (κ2) is 9.70. The number of rotatable bonds is 7. The highest BCUT2D eigenvalue weighted by molar-refractivity contribution is 7.14. The van der Waals surface area contributed by atoms with Gasteiger partial charge in [-0.3, -0.25) is 9.59 Å². The molecule has 1 aromatic heterocycles. The van der Waals surface area contributed by atoms with Crippen molar-refractivity contribution in [1.82, 2.24) is 15.2 Å². The number of halogens is 2. The fraction of sp³-hybridized carbons (Fsp3) is 0.208. The number of benzene rings is 2. The lowest BCUT2D eigenvalue weighted by Gasteiger charge is -2.24. The van der Waals surface area contributed by atoms with Crippen LogP contribution in [-0.4, -0.2) is 53.1 Å². The third kappa shape index (κ3) is 4.85. The molecule has 0 saturated carbocycles. The van der Waals surface area contributed by atoms with Gasteiger partial charge in [0.1, 0.15) is 12.1 Å². The second-order valence-electron chi connectivity index (χ2n) is 8.19. The Morgan fingerprint density at radius 3 is 2.66 bits per heavy atom. The van der Waals surface area contributed by atoms with E-state index in [1.807, 2.05) is 0 Å². The molecule has 5 rings (SSSR count). The number of hydrogen-bond acceptors (Lipinski definition) is 9. The molecule has 196 valence electrons. The van der Waals surface area contributed by atoms with Crippen molar-refractivity contribution < 1.29 is 42.2 Å². The Balaban J connectivity index is 1.41. The van der Waals surface area contributed by atoms with Gasteiger partial charge >= 0.3 is 18.3 Å². The van der Waals surface area contributed by atoms with Crippen molar-refractivity contribution in [3.8, 4) is 11.5 Å². The summed E-state index contributed by atoms with van der Waals surface area (Å²) < 4.78 is 40.3. The van der Waals surface area contributed by atoms with E-state index in [-0.39, 0.29) is 34.3 Å². The van der Waals surface area contributed by atoms with Crippen LogP contribution in [0.2, 0.25) is 0 Å². The summed E-state index contributed by atoms with van der Waals surface area (Å²) in [5.74, 6) is -2.71. The lowest BCUT2D eigenvalue weighted by molar-refractivity contribution is -0.286. The first-order valence-corrected chi connectivity index (χ1v) is 11.9. The van der Waals surface area contributed by atoms with E-state index in [1.54, 1.807) is 30.3 Å². The van der Waals surface area contributed by atoms with E-state index in [2.05, 4.69) is 29.8 Å². The Labute approximate surface area is 217 Å². The van der Waals surface area contributed by atoms with Gasteiger partial charge in [0.2, 0.25) is 5.91 Å². The normalized spacial score (nSPS) is 18.2. The van der Waals surface area contributed by atoms with E-state index < -0.39 is 42.2 Å². The fourth-order valence-electron chi connectivity index (χ4n) is 4.02. The second-order valence-corrected chi connectivity index (χ2v) is 9.05. The first kappa shape index (κ1) is 25.1. The lowest BCUT2D eigenvalue weighted by Crippen LogP contribution is -2.49. The van der Waals surface area contributed by atoms with Gasteiger partial charge in [-0.15, -0.1) is 20.1 Å². The molecule has 38 heavy (non-hydrogen) atoms. The molecule has 0 radical (unpaired) electrons. The lowest BCUT2D eigenvalue weighted by atomic mass is 10.0. The number of anilines is 1. The first-order chi connectivity index (χ1) is 18.1. The molecule has 14 heteroatoms. The minimum atomic E-state index is -3.85. The molecule has 11 nitrogen and oxygen atoms in total. The van der Waals surface area contributed by atoms with Crippen LogP contribution in [0.5, 0.6) is 11.5 Å². The number of urea groups is 1. The summed E-state index contributed by atoms with van der Waals surface area (Å²) in [6.07, 6.45) is -3.88. The van der Waals surface area contributed by atoms with Crippen LogP contribution in [0.3, 0.4) is 0 Å². The van der Waals surface area contributed by atoms with Gasteiger partial charge in [0.25, 0.3) is 5.91 Å². The van der Waals surface area contributed by atoms with Crippen LogP contribution in [-0.2, 0) is 20.7 Å². The maximum absolute atomic E-state index is 13.4. The molecule has 1 fully saturated rings. The van der Waals surface area contributed by atoms with E-state index in [4.69, 9.17) is 0 Å². The van der Waals surface area contributed by atoms with Gasteiger partial charge in [-0.1, -0.05) is 36.4 Å². The molecule has 2 unspecified atom stereocenters. The van der Waals surface area contributed by atoms with E-state index in [1.165, 1.54) is 30.7 Å². The third-order valence-electron chi connectivity index (χ3n) is 5.74. The first-order valence-electron chi connectivity index (χ1n) is 11.1. The Kier molecular flexibility index (Phi) is 6.40. The summed E-state index contributed by atoms with van der Waals surface area (Å²) in [6.45, 7) is 0. The number of thiazole rings is 1. The third-order valence-corrected chi connectivity index (χ3v) is 6.50. The highest BCUT2D eigenvalue weighted by atomic mass is 32.1. The van der Waals surface area contributed by atoms with E-state index in [9.17, 15) is 28.0 Å². The minimum Gasteiger partial charge on any atom is -0.464 e. The quantitative estimate of drug-likeness (QED) is 0.342. The summed E-state index contributed by atoms with van der Waals surface area (Å²) in [5.41, 5.74) is 0.805. The van der Waals surface area contributed by atoms with Crippen LogP contribution in [0.4, 0.5) is 18.7 Å². The molecule has 2 aromatic carbocycles. The highest BCUT2D eigenvalue weighted by Crippen LogP contribution is 2.42. The summed E-state index contributed by atoms with van der Waals surface area (Å²) >= 11 is 0.963. The number of aromatic nitrogens is 1. The molecule has 0 spiro atoms. The van der Waals surface area contributed by atoms with Crippen molar-refractivity contribution in [2.45, 2.75) is 24.8 Å². The maximum Gasteiger partial charge on any atom is 0.586 e. The van der Waals surface area contributed by atoms with Gasteiger partial charge in [-0.05, 0) is 23.3 Å². The average molecular weight is 544 g/mol. The van der Waals surface area contributed by atoms with Crippen molar-refractivity contribution in [3.05, 3.63) is 70.7 Å². The van der Waals surface area contributed by atoms with Gasteiger partial charge in [0.05, 0.1) is 7.11 Å². The SMILES string of the molecule is COC(=O)c1csc(NC(=O)C(Cc2ccccc2)N2C(=O)NC(c3ccc4c(c3)OC(F)(F)O4)C2=O)n1. The van der Waals surface area contributed by atoms with E-state index in [0.717, 1.165) is 16.2 Å². The number of hydrogen-bond donors (Lipinski definition) is 2. The van der Waals surface area contributed by atoms with Crippen molar-refractivity contribution in [3.63, 3.8) is 0 Å². The van der Waals surface area contributed by atoms with Crippen molar-refractivity contribution in [2.24, 2.45) is 0 Å². The number of carbonyl (C=O) groups excluding carboxylic acids is 4. The molecule has 2 N–H and O–H groups in total. The highest BCUT2D eigenvalue weighted by Gasteiger charge is 2.47. The minimum absolute atomic E-state index is 0.0177. The Morgan fingerprint density at radius 2 is 1.92 bits per heavy atom. The van der Waals surface area contributed by atoms with Crippen LogP contribution < -0.4 is 20.1 Å². The zero-order valence-corrected chi connectivity index (χ0v) is 20.3. The summed E-state index contributed by atoms with van der Waals surface area (Å²) in [6, 6.07) is 8.99. The summed E-state index contributed by atoms with van der Waals surface area (Å²) in [4.78, 5) is 56.3. The Bertz CT molecular complexity index is 1430. The predicted molar refractivity (Wildman–Crippen MR) is 127 cm³/mol. The van der Waals surface area contributed by atoms with Crippen molar-refractivity contribution in [2.75, 3.05) is 12.4 Å². The molecular weight excluding hydrogens is 526 g/mol. The predicted octanol–water partition coefficient (Wildman–Crippen LogP) is 3.09. The molecule has 3 heterocycles. The van der Waals surface area contributed by atoms with Crippen LogP contribution in [0, 0.1) is 0 Å². The number of amides is 4. The van der Waals surface area contributed by atoms with Crippen LogP contribution >= 0.6 is 11.3 Å². The van der Waals surface area contributed by atoms with Gasteiger partial charge in [0, 0.05) is 11.8 Å². The molecule has 1 saturated heterocycles. The largest absolute Gasteiger partial charge is 0.586 e. The molecule has 2 atom stereocenters. The van der Waals surface area contributed by atoms with Crippen molar-refractivity contribution >= 4 is 40.3 Å². The zero-order chi connectivity index (χ0) is 27.0. The molecule has 0 bridgehead atoms. The Hall–Kier alpha value is -4.59. The number of carbonyl (C=O) groups is 4. The molecule has 2 aliphatic rings. The monoisotopic (exact) mass is 544 g/mol. The van der Waals surface area contributed by atoms with Gasteiger partial charge in [-0.25, -0.2) is 19.5 Å². The van der Waals surface area contributed by atoms with Gasteiger partial charge in [0.15, 0.2) is 22.3 Å². The number of imide groups is 1. The smallest absolute Gasteiger partial charge is 0.464 e. The molecule has 4 amide bonds. The molecular formula is C24H18F2N4O7S. The molecule has 3 aromatic rings. The van der Waals surface area contributed by atoms with E-state index in [0.29, 0.717) is 5.56 Å².